The molecule has 0 radical (unpaired) electrons. The molecule has 0 aliphatic rings. The molecule has 8 heteroatoms. The van der Waals surface area contributed by atoms with Crippen LogP contribution in [-0.2, 0) is 6.54 Å². The molecule has 0 fully saturated rings. The van der Waals surface area contributed by atoms with Gasteiger partial charge in [-0.2, -0.15) is 0 Å². The first-order chi connectivity index (χ1) is 14.5. The topological polar surface area (TPSA) is 67.4 Å². The highest BCUT2D eigenvalue weighted by Gasteiger charge is 2.14. The van der Waals surface area contributed by atoms with Gasteiger partial charge in [-0.3, -0.25) is 0 Å². The van der Waals surface area contributed by atoms with E-state index in [1.54, 1.807) is 14.2 Å². The number of rotatable bonds is 14. The summed E-state index contributed by atoms with van der Waals surface area (Å²) in [6.45, 7) is 15.9. The average Bonchev–Trinajstić information content (AvgIpc) is 2.75. The molecule has 180 valence electrons. The van der Waals surface area contributed by atoms with Gasteiger partial charge in [0, 0.05) is 12.6 Å². The van der Waals surface area contributed by atoms with E-state index in [1.807, 2.05) is 19.1 Å². The number of benzene rings is 1. The average molecular weight is 551 g/mol. The Bertz CT molecular complexity index is 614. The van der Waals surface area contributed by atoms with Crippen LogP contribution in [-0.4, -0.2) is 63.9 Å². The lowest BCUT2D eigenvalue weighted by Crippen LogP contribution is -2.42. The van der Waals surface area contributed by atoms with E-state index >= 15 is 0 Å². The molecule has 1 unspecified atom stereocenters. The third-order valence-corrected chi connectivity index (χ3v) is 4.96. The number of nitrogens with zero attached hydrogens (tertiary/aromatic N) is 2. The molecule has 0 heterocycles. The van der Waals surface area contributed by atoms with Crippen molar-refractivity contribution in [3.63, 3.8) is 0 Å². The second-order valence-electron chi connectivity index (χ2n) is 7.17. The molecule has 0 saturated carbocycles. The van der Waals surface area contributed by atoms with Crippen molar-refractivity contribution in [1.29, 1.82) is 0 Å². The van der Waals surface area contributed by atoms with Gasteiger partial charge in [0.15, 0.2) is 17.5 Å². The van der Waals surface area contributed by atoms with Gasteiger partial charge in [0.1, 0.15) is 0 Å². The van der Waals surface area contributed by atoms with Gasteiger partial charge >= 0.3 is 0 Å². The van der Waals surface area contributed by atoms with Crippen molar-refractivity contribution < 1.29 is 14.2 Å². The zero-order valence-corrected chi connectivity index (χ0v) is 22.7. The molecule has 0 spiro atoms. The van der Waals surface area contributed by atoms with Crippen LogP contribution in [0.15, 0.2) is 17.1 Å². The summed E-state index contributed by atoms with van der Waals surface area (Å²) in [5.41, 5.74) is 0.999. The second-order valence-corrected chi connectivity index (χ2v) is 7.17. The van der Waals surface area contributed by atoms with Gasteiger partial charge in [0.25, 0.3) is 0 Å². The molecule has 7 nitrogen and oxygen atoms in total. The van der Waals surface area contributed by atoms with Crippen LogP contribution in [0.1, 0.15) is 53.0 Å². The minimum atomic E-state index is 0. The van der Waals surface area contributed by atoms with Crippen LogP contribution < -0.4 is 24.8 Å². The summed E-state index contributed by atoms with van der Waals surface area (Å²) in [4.78, 5) is 7.21. The number of hydrogen-bond donors (Lipinski definition) is 2. The SMILES string of the molecule is CCNC(=NCc1cc(OC)c(OCC)c(OC)c1)NC(C)CCCN(CC)CC.I. The van der Waals surface area contributed by atoms with Gasteiger partial charge in [0.2, 0.25) is 5.75 Å². The normalized spacial score (nSPS) is 12.2. The Labute approximate surface area is 206 Å². The summed E-state index contributed by atoms with van der Waals surface area (Å²) in [7, 11) is 3.27. The van der Waals surface area contributed by atoms with Crippen LogP contribution in [0.2, 0.25) is 0 Å². The summed E-state index contributed by atoms with van der Waals surface area (Å²) in [5, 5.41) is 6.86. The van der Waals surface area contributed by atoms with Crippen LogP contribution in [0.5, 0.6) is 17.2 Å². The highest BCUT2D eigenvalue weighted by atomic mass is 127. The number of ether oxygens (including phenoxy) is 3. The number of nitrogens with one attached hydrogen (secondary N) is 2. The number of halogens is 1. The minimum Gasteiger partial charge on any atom is -0.493 e. The molecule has 0 aliphatic heterocycles. The molecule has 0 aromatic heterocycles. The van der Waals surface area contributed by atoms with E-state index in [9.17, 15) is 0 Å². The zero-order valence-electron chi connectivity index (χ0n) is 20.4. The zero-order chi connectivity index (χ0) is 22.4. The summed E-state index contributed by atoms with van der Waals surface area (Å²) < 4.78 is 16.7. The number of methoxy groups -OCH3 is 2. The van der Waals surface area contributed by atoms with E-state index in [-0.39, 0.29) is 24.0 Å². The molecular weight excluding hydrogens is 507 g/mol. The van der Waals surface area contributed by atoms with Crippen LogP contribution >= 0.6 is 24.0 Å². The van der Waals surface area contributed by atoms with Crippen molar-refractivity contribution in [2.75, 3.05) is 47.0 Å². The molecule has 31 heavy (non-hydrogen) atoms. The van der Waals surface area contributed by atoms with Crippen molar-refractivity contribution in [3.05, 3.63) is 17.7 Å². The Morgan fingerprint density at radius 3 is 2.16 bits per heavy atom. The summed E-state index contributed by atoms with van der Waals surface area (Å²) >= 11 is 0. The Balaban J connectivity index is 0.00000900. The summed E-state index contributed by atoms with van der Waals surface area (Å²) in [6, 6.07) is 4.25. The lowest BCUT2D eigenvalue weighted by Gasteiger charge is -2.21. The fourth-order valence-corrected chi connectivity index (χ4v) is 3.27. The Kier molecular flexibility index (Phi) is 16.4. The third-order valence-electron chi connectivity index (χ3n) is 4.96. The van der Waals surface area contributed by atoms with Crippen LogP contribution in [0.25, 0.3) is 0 Å². The largest absolute Gasteiger partial charge is 0.493 e. The van der Waals surface area contributed by atoms with Crippen LogP contribution in [0, 0.1) is 0 Å². The summed E-state index contributed by atoms with van der Waals surface area (Å²) in [6.07, 6.45) is 2.27. The molecule has 1 aromatic carbocycles. The van der Waals surface area contributed by atoms with Gasteiger partial charge in [-0.25, -0.2) is 4.99 Å². The Morgan fingerprint density at radius 1 is 1.06 bits per heavy atom. The fraction of sp³-hybridized carbons (Fsp3) is 0.696. The maximum atomic E-state index is 5.68. The molecule has 0 saturated heterocycles. The Morgan fingerprint density at radius 2 is 1.68 bits per heavy atom. The molecule has 0 aliphatic carbocycles. The molecule has 0 amide bonds. The lowest BCUT2D eigenvalue weighted by atomic mass is 10.1. The maximum absolute atomic E-state index is 5.68. The van der Waals surface area contributed by atoms with Gasteiger partial charge in [-0.1, -0.05) is 13.8 Å². The smallest absolute Gasteiger partial charge is 0.203 e. The van der Waals surface area contributed by atoms with Crippen molar-refractivity contribution in [3.8, 4) is 17.2 Å². The molecule has 1 rings (SSSR count). The second kappa shape index (κ2) is 17.2. The highest BCUT2D eigenvalue weighted by Crippen LogP contribution is 2.38. The monoisotopic (exact) mass is 550 g/mol. The first kappa shape index (κ1) is 29.6. The number of hydrogen-bond acceptors (Lipinski definition) is 5. The predicted octanol–water partition coefficient (Wildman–Crippen LogP) is 4.29. The minimum absolute atomic E-state index is 0. The quantitative estimate of drug-likeness (QED) is 0.205. The summed E-state index contributed by atoms with van der Waals surface area (Å²) in [5.74, 6) is 2.76. The van der Waals surface area contributed by atoms with Gasteiger partial charge in [-0.05, 0) is 70.9 Å². The predicted molar refractivity (Wildman–Crippen MR) is 141 cm³/mol. The van der Waals surface area contributed by atoms with E-state index < -0.39 is 0 Å². The molecule has 1 aromatic rings. The molecule has 0 bridgehead atoms. The van der Waals surface area contributed by atoms with Crippen LogP contribution in [0.3, 0.4) is 0 Å². The number of aliphatic imine (C=N–C) groups is 1. The lowest BCUT2D eigenvalue weighted by molar-refractivity contribution is 0.288. The molecular formula is C23H43IN4O3. The van der Waals surface area contributed by atoms with Crippen LogP contribution in [0.4, 0.5) is 0 Å². The van der Waals surface area contributed by atoms with Crippen molar-refractivity contribution in [2.45, 2.75) is 60.0 Å². The standard InChI is InChI=1S/C23H42N4O3.HI/c1-8-24-23(26-18(5)13-12-14-27(9-2)10-3)25-17-19-15-20(28-6)22(30-11-4)21(16-19)29-7;/h15-16,18H,8-14,17H2,1-7H3,(H2,24,25,26);1H. The fourth-order valence-electron chi connectivity index (χ4n) is 3.27. The van der Waals surface area contributed by atoms with E-state index in [1.165, 1.54) is 6.42 Å². The Hall–Kier alpha value is -1.42. The molecule has 2 N–H and O–H groups in total. The van der Waals surface area contributed by atoms with E-state index in [0.717, 1.165) is 44.1 Å². The first-order valence-electron chi connectivity index (χ1n) is 11.2. The van der Waals surface area contributed by atoms with Crippen molar-refractivity contribution in [1.82, 2.24) is 15.5 Å². The molecule has 1 atom stereocenters. The van der Waals surface area contributed by atoms with Crippen molar-refractivity contribution >= 4 is 29.9 Å². The maximum Gasteiger partial charge on any atom is 0.203 e. The highest BCUT2D eigenvalue weighted by molar-refractivity contribution is 14.0. The third kappa shape index (κ3) is 10.6. The van der Waals surface area contributed by atoms with Gasteiger partial charge in [0.05, 0.1) is 27.4 Å². The van der Waals surface area contributed by atoms with E-state index in [0.29, 0.717) is 36.4 Å². The van der Waals surface area contributed by atoms with E-state index in [4.69, 9.17) is 19.2 Å². The van der Waals surface area contributed by atoms with E-state index in [2.05, 4.69) is 43.2 Å². The van der Waals surface area contributed by atoms with Crippen molar-refractivity contribution in [2.24, 2.45) is 4.99 Å². The van der Waals surface area contributed by atoms with Gasteiger partial charge < -0.3 is 29.7 Å². The van der Waals surface area contributed by atoms with Gasteiger partial charge in [-0.15, -0.1) is 24.0 Å². The number of guanidine groups is 1. The first-order valence-corrected chi connectivity index (χ1v) is 11.2.